The first-order valence-electron chi connectivity index (χ1n) is 10.6. The molecule has 0 saturated heterocycles. The van der Waals surface area contributed by atoms with Crippen molar-refractivity contribution in [3.8, 4) is 0 Å². The standard InChI is InChI=1S/C26H29N3O3/c1-17(2)21-13-10-20(11-14-21)12-15-24(30)27-25-18(3)28-29(19(25)4)16-22-8-6-7-9-23(22)26(31)32-5/h6-15,17H,16H2,1-5H3,(H,27,30)/b15-12+. The minimum absolute atomic E-state index is 0.223. The first-order chi connectivity index (χ1) is 15.3. The van der Waals surface area contributed by atoms with E-state index in [1.807, 2.05) is 38.1 Å². The Hall–Kier alpha value is -3.67. The maximum atomic E-state index is 12.5. The Morgan fingerprint density at radius 2 is 1.78 bits per heavy atom. The Morgan fingerprint density at radius 3 is 2.44 bits per heavy atom. The van der Waals surface area contributed by atoms with E-state index in [4.69, 9.17) is 4.74 Å². The third kappa shape index (κ3) is 5.32. The number of hydrogen-bond acceptors (Lipinski definition) is 4. The van der Waals surface area contributed by atoms with Gasteiger partial charge in [-0.15, -0.1) is 0 Å². The molecule has 0 atom stereocenters. The molecule has 1 aromatic heterocycles. The lowest BCUT2D eigenvalue weighted by atomic mass is 10.0. The SMILES string of the molecule is COC(=O)c1ccccc1Cn1nc(C)c(NC(=O)/C=C/c2ccc(C(C)C)cc2)c1C. The molecule has 1 amide bonds. The van der Waals surface area contributed by atoms with Crippen LogP contribution in [0.2, 0.25) is 0 Å². The molecule has 0 aliphatic rings. The van der Waals surface area contributed by atoms with Gasteiger partial charge in [0.25, 0.3) is 0 Å². The van der Waals surface area contributed by atoms with Crippen LogP contribution in [0.5, 0.6) is 0 Å². The molecule has 0 fully saturated rings. The summed E-state index contributed by atoms with van der Waals surface area (Å²) < 4.78 is 6.65. The highest BCUT2D eigenvalue weighted by atomic mass is 16.5. The molecule has 0 saturated carbocycles. The normalized spacial score (nSPS) is 11.2. The largest absolute Gasteiger partial charge is 0.465 e. The monoisotopic (exact) mass is 431 g/mol. The molecule has 0 unspecified atom stereocenters. The van der Waals surface area contributed by atoms with Gasteiger partial charge in [0.1, 0.15) is 0 Å². The first-order valence-corrected chi connectivity index (χ1v) is 10.6. The van der Waals surface area contributed by atoms with Crippen LogP contribution < -0.4 is 5.32 Å². The number of hydrogen-bond donors (Lipinski definition) is 1. The topological polar surface area (TPSA) is 73.2 Å². The second-order valence-corrected chi connectivity index (χ2v) is 8.00. The fourth-order valence-corrected chi connectivity index (χ4v) is 3.49. The van der Waals surface area contributed by atoms with Crippen molar-refractivity contribution >= 4 is 23.6 Å². The molecule has 1 heterocycles. The first kappa shape index (κ1) is 23.0. The zero-order valence-corrected chi connectivity index (χ0v) is 19.2. The molecule has 6 heteroatoms. The van der Waals surface area contributed by atoms with Crippen molar-refractivity contribution in [2.24, 2.45) is 0 Å². The lowest BCUT2D eigenvalue weighted by molar-refractivity contribution is -0.111. The van der Waals surface area contributed by atoms with Crippen LogP contribution in [0.25, 0.3) is 6.08 Å². The van der Waals surface area contributed by atoms with Gasteiger partial charge in [-0.05, 0) is 48.6 Å². The van der Waals surface area contributed by atoms with Crippen LogP contribution in [0.3, 0.4) is 0 Å². The Morgan fingerprint density at radius 1 is 1.09 bits per heavy atom. The molecular formula is C26H29N3O3. The summed E-state index contributed by atoms with van der Waals surface area (Å²) in [6.07, 6.45) is 3.31. The molecule has 0 spiro atoms. The Labute approximate surface area is 188 Å². The van der Waals surface area contributed by atoms with Crippen molar-refractivity contribution in [1.82, 2.24) is 9.78 Å². The van der Waals surface area contributed by atoms with Gasteiger partial charge < -0.3 is 10.1 Å². The number of methoxy groups -OCH3 is 1. The second-order valence-electron chi connectivity index (χ2n) is 8.00. The van der Waals surface area contributed by atoms with E-state index < -0.39 is 0 Å². The van der Waals surface area contributed by atoms with Gasteiger partial charge in [0.05, 0.1) is 36.3 Å². The highest BCUT2D eigenvalue weighted by Gasteiger charge is 2.16. The predicted octanol–water partition coefficient (Wildman–Crippen LogP) is 5.11. The lowest BCUT2D eigenvalue weighted by Gasteiger charge is -2.10. The number of aryl methyl sites for hydroxylation is 1. The fourth-order valence-electron chi connectivity index (χ4n) is 3.49. The van der Waals surface area contributed by atoms with Gasteiger partial charge in [-0.3, -0.25) is 9.48 Å². The number of esters is 1. The number of nitrogens with zero attached hydrogens (tertiary/aromatic N) is 2. The number of rotatable bonds is 7. The number of nitrogens with one attached hydrogen (secondary N) is 1. The summed E-state index contributed by atoms with van der Waals surface area (Å²) in [7, 11) is 1.36. The van der Waals surface area contributed by atoms with Crippen LogP contribution in [0.15, 0.2) is 54.6 Å². The molecule has 6 nitrogen and oxygen atoms in total. The molecule has 3 aromatic rings. The Kier molecular flexibility index (Phi) is 7.25. The van der Waals surface area contributed by atoms with Crippen molar-refractivity contribution in [3.63, 3.8) is 0 Å². The highest BCUT2D eigenvalue weighted by Crippen LogP contribution is 2.22. The number of ether oxygens (including phenoxy) is 1. The van der Waals surface area contributed by atoms with E-state index >= 15 is 0 Å². The molecule has 2 aromatic carbocycles. The number of benzene rings is 2. The molecule has 32 heavy (non-hydrogen) atoms. The van der Waals surface area contributed by atoms with E-state index in [-0.39, 0.29) is 11.9 Å². The number of anilines is 1. The van der Waals surface area contributed by atoms with Crippen molar-refractivity contribution in [2.45, 2.75) is 40.2 Å². The summed E-state index contributed by atoms with van der Waals surface area (Å²) in [5.41, 5.74) is 5.72. The summed E-state index contributed by atoms with van der Waals surface area (Å²) in [6, 6.07) is 15.4. The molecule has 0 radical (unpaired) electrons. The molecule has 0 aliphatic carbocycles. The number of amides is 1. The molecule has 1 N–H and O–H groups in total. The second kappa shape index (κ2) is 10.1. The third-order valence-corrected chi connectivity index (χ3v) is 5.40. The molecular weight excluding hydrogens is 402 g/mol. The lowest BCUT2D eigenvalue weighted by Crippen LogP contribution is -2.12. The summed E-state index contributed by atoms with van der Waals surface area (Å²) >= 11 is 0. The van der Waals surface area contributed by atoms with Crippen LogP contribution in [-0.2, 0) is 16.1 Å². The van der Waals surface area contributed by atoms with Gasteiger partial charge >= 0.3 is 5.97 Å². The van der Waals surface area contributed by atoms with Crippen molar-refractivity contribution in [1.29, 1.82) is 0 Å². The van der Waals surface area contributed by atoms with E-state index in [2.05, 4.69) is 36.4 Å². The van der Waals surface area contributed by atoms with Crippen LogP contribution in [0.4, 0.5) is 5.69 Å². The quantitative estimate of drug-likeness (QED) is 0.417. The van der Waals surface area contributed by atoms with Crippen molar-refractivity contribution in [2.75, 3.05) is 12.4 Å². The number of carbonyl (C=O) groups is 2. The maximum Gasteiger partial charge on any atom is 0.338 e. The summed E-state index contributed by atoms with van der Waals surface area (Å²) in [5.74, 6) is -0.140. The van der Waals surface area contributed by atoms with Gasteiger partial charge in [0.15, 0.2) is 0 Å². The fraction of sp³-hybridized carbons (Fsp3) is 0.269. The highest BCUT2D eigenvalue weighted by molar-refractivity contribution is 6.02. The predicted molar refractivity (Wildman–Crippen MR) is 127 cm³/mol. The molecule has 166 valence electrons. The van der Waals surface area contributed by atoms with Gasteiger partial charge in [0, 0.05) is 6.08 Å². The van der Waals surface area contributed by atoms with E-state index in [0.29, 0.717) is 29.4 Å². The zero-order chi connectivity index (χ0) is 23.3. The zero-order valence-electron chi connectivity index (χ0n) is 19.2. The van der Waals surface area contributed by atoms with E-state index in [1.165, 1.54) is 18.7 Å². The van der Waals surface area contributed by atoms with Gasteiger partial charge in [-0.1, -0.05) is 56.3 Å². The van der Waals surface area contributed by atoms with E-state index in [9.17, 15) is 9.59 Å². The number of aromatic nitrogens is 2. The average molecular weight is 432 g/mol. The van der Waals surface area contributed by atoms with Crippen LogP contribution >= 0.6 is 0 Å². The van der Waals surface area contributed by atoms with Gasteiger partial charge in [-0.25, -0.2) is 4.79 Å². The van der Waals surface area contributed by atoms with Crippen LogP contribution in [0, 0.1) is 13.8 Å². The number of carbonyl (C=O) groups excluding carboxylic acids is 2. The smallest absolute Gasteiger partial charge is 0.338 e. The Bertz CT molecular complexity index is 1140. The van der Waals surface area contributed by atoms with Gasteiger partial charge in [0.2, 0.25) is 5.91 Å². The Balaban J connectivity index is 1.74. The van der Waals surface area contributed by atoms with E-state index in [1.54, 1.807) is 22.9 Å². The average Bonchev–Trinajstić information content (AvgIpc) is 3.05. The molecule has 0 bridgehead atoms. The minimum Gasteiger partial charge on any atom is -0.465 e. The van der Waals surface area contributed by atoms with Crippen molar-refractivity contribution in [3.05, 3.63) is 88.2 Å². The van der Waals surface area contributed by atoms with E-state index in [0.717, 1.165) is 16.8 Å². The van der Waals surface area contributed by atoms with Crippen LogP contribution in [0.1, 0.15) is 58.2 Å². The van der Waals surface area contributed by atoms with Gasteiger partial charge in [-0.2, -0.15) is 5.10 Å². The molecule has 3 rings (SSSR count). The summed E-state index contributed by atoms with van der Waals surface area (Å²) in [5, 5.41) is 7.49. The minimum atomic E-state index is -0.387. The summed E-state index contributed by atoms with van der Waals surface area (Å²) in [6.45, 7) is 8.44. The van der Waals surface area contributed by atoms with Crippen molar-refractivity contribution < 1.29 is 14.3 Å². The molecule has 0 aliphatic heterocycles. The summed E-state index contributed by atoms with van der Waals surface area (Å²) in [4.78, 5) is 24.6. The van der Waals surface area contributed by atoms with Crippen LogP contribution in [-0.4, -0.2) is 28.8 Å². The third-order valence-electron chi connectivity index (χ3n) is 5.40. The maximum absolute atomic E-state index is 12.5.